The quantitative estimate of drug-likeness (QED) is 0.422. The molecule has 0 radical (unpaired) electrons. The fourth-order valence-electron chi connectivity index (χ4n) is 3.47. The van der Waals surface area contributed by atoms with E-state index in [1.165, 1.54) is 0 Å². The molecule has 0 amide bonds. The molecule has 1 saturated heterocycles. The number of aromatic nitrogens is 4. The molecule has 3 heterocycles. The number of morpholine rings is 1. The van der Waals surface area contributed by atoms with Crippen LogP contribution < -0.4 is 20.7 Å². The number of imidazole rings is 1. The second-order valence-electron chi connectivity index (χ2n) is 7.38. The molecule has 2 aromatic heterocycles. The van der Waals surface area contributed by atoms with Crippen LogP contribution in [-0.4, -0.2) is 46.2 Å². The zero-order valence-corrected chi connectivity index (χ0v) is 17.1. The molecule has 9 nitrogen and oxygen atoms in total. The van der Waals surface area contributed by atoms with Crippen LogP contribution in [0, 0.1) is 6.92 Å². The zero-order chi connectivity index (χ0) is 21.2. The molecule has 4 N–H and O–H groups in total. The minimum absolute atomic E-state index is 0.240. The van der Waals surface area contributed by atoms with Gasteiger partial charge < -0.3 is 30.4 Å². The summed E-state index contributed by atoms with van der Waals surface area (Å²) in [7, 11) is 0. The Morgan fingerprint density at radius 1 is 1.06 bits per heavy atom. The second-order valence-corrected chi connectivity index (χ2v) is 7.38. The number of hydrogen-bond acceptors (Lipinski definition) is 8. The highest BCUT2D eigenvalue weighted by Crippen LogP contribution is 2.29. The number of rotatable bonds is 5. The average molecular weight is 417 g/mol. The number of nitrogens with zero attached hydrogens (tertiary/aromatic N) is 4. The topological polar surface area (TPSA) is 114 Å². The van der Waals surface area contributed by atoms with Crippen molar-refractivity contribution in [2.45, 2.75) is 6.92 Å². The van der Waals surface area contributed by atoms with Crippen molar-refractivity contribution in [3.63, 3.8) is 0 Å². The summed E-state index contributed by atoms with van der Waals surface area (Å²) >= 11 is 0. The van der Waals surface area contributed by atoms with Crippen LogP contribution in [0.4, 0.5) is 23.1 Å². The Balaban J connectivity index is 1.52. The maximum atomic E-state index is 5.91. The molecule has 0 spiro atoms. The van der Waals surface area contributed by atoms with E-state index in [0.717, 1.165) is 24.3 Å². The molecule has 0 aliphatic carbocycles. The molecule has 0 atom stereocenters. The van der Waals surface area contributed by atoms with Crippen LogP contribution in [0.2, 0.25) is 0 Å². The van der Waals surface area contributed by atoms with Crippen molar-refractivity contribution in [3.8, 4) is 11.8 Å². The summed E-state index contributed by atoms with van der Waals surface area (Å²) in [6.07, 6.45) is 0. The Kier molecular flexibility index (Phi) is 5.01. The number of ether oxygens (including phenoxy) is 2. The van der Waals surface area contributed by atoms with Crippen LogP contribution in [0.1, 0.15) is 5.56 Å². The normalized spacial score (nSPS) is 14.0. The monoisotopic (exact) mass is 417 g/mol. The molecule has 1 aliphatic rings. The Morgan fingerprint density at radius 2 is 1.87 bits per heavy atom. The maximum Gasteiger partial charge on any atom is 0.326 e. The van der Waals surface area contributed by atoms with Gasteiger partial charge in [0.15, 0.2) is 17.0 Å². The molecule has 158 valence electrons. The number of nitrogens with one attached hydrogen (secondary N) is 2. The van der Waals surface area contributed by atoms with Crippen LogP contribution in [0.3, 0.4) is 0 Å². The number of aryl methyl sites for hydroxylation is 1. The Bertz CT molecular complexity index is 1200. The Labute approximate surface area is 179 Å². The molecule has 1 fully saturated rings. The van der Waals surface area contributed by atoms with Crippen LogP contribution in [0.15, 0.2) is 48.5 Å². The highest BCUT2D eigenvalue weighted by molar-refractivity contribution is 5.86. The second kappa shape index (κ2) is 8.11. The lowest BCUT2D eigenvalue weighted by Crippen LogP contribution is -2.37. The smallest absolute Gasteiger partial charge is 0.326 e. The third-order valence-electron chi connectivity index (χ3n) is 4.99. The molecule has 4 aromatic rings. The number of aromatic amines is 1. The lowest BCUT2D eigenvalue weighted by atomic mass is 10.2. The van der Waals surface area contributed by atoms with Gasteiger partial charge in [0.05, 0.1) is 13.2 Å². The van der Waals surface area contributed by atoms with Crippen LogP contribution in [0.25, 0.3) is 11.2 Å². The highest BCUT2D eigenvalue weighted by atomic mass is 16.5. The predicted octanol–water partition coefficient (Wildman–Crippen LogP) is 3.62. The van der Waals surface area contributed by atoms with Gasteiger partial charge >= 0.3 is 6.01 Å². The van der Waals surface area contributed by atoms with Gasteiger partial charge in [-0.15, -0.1) is 0 Å². The van der Waals surface area contributed by atoms with Crippen LogP contribution in [0.5, 0.6) is 11.8 Å². The molecular weight excluding hydrogens is 394 g/mol. The van der Waals surface area contributed by atoms with E-state index in [0.29, 0.717) is 47.6 Å². The van der Waals surface area contributed by atoms with Crippen molar-refractivity contribution < 1.29 is 9.47 Å². The van der Waals surface area contributed by atoms with Crippen molar-refractivity contribution >= 4 is 34.3 Å². The molecule has 31 heavy (non-hydrogen) atoms. The SMILES string of the molecule is Cc1cccc(Nc2nc3c(N4CCOCC4)nc(Oc4ccc(N)cc4)nc3[nH]2)c1. The summed E-state index contributed by atoms with van der Waals surface area (Å²) in [4.78, 5) is 19.3. The third kappa shape index (κ3) is 4.22. The molecule has 0 saturated carbocycles. The van der Waals surface area contributed by atoms with Gasteiger partial charge in [0.1, 0.15) is 5.75 Å². The molecular formula is C22H23N7O2. The van der Waals surface area contributed by atoms with Crippen molar-refractivity contribution in [3.05, 3.63) is 54.1 Å². The lowest BCUT2D eigenvalue weighted by Gasteiger charge is -2.27. The van der Waals surface area contributed by atoms with Crippen molar-refractivity contribution in [2.75, 3.05) is 42.3 Å². The van der Waals surface area contributed by atoms with Crippen LogP contribution >= 0.6 is 0 Å². The summed E-state index contributed by atoms with van der Waals surface area (Å²) in [6, 6.07) is 15.5. The van der Waals surface area contributed by atoms with Gasteiger partial charge in [0.2, 0.25) is 5.95 Å². The predicted molar refractivity (Wildman–Crippen MR) is 120 cm³/mol. The molecule has 9 heteroatoms. The van der Waals surface area contributed by atoms with Gasteiger partial charge in [-0.05, 0) is 48.9 Å². The molecule has 0 bridgehead atoms. The average Bonchev–Trinajstić information content (AvgIpc) is 3.17. The van der Waals surface area contributed by atoms with E-state index in [2.05, 4.69) is 31.2 Å². The van der Waals surface area contributed by atoms with Gasteiger partial charge in [0, 0.05) is 24.5 Å². The number of anilines is 4. The van der Waals surface area contributed by atoms with E-state index in [4.69, 9.17) is 20.2 Å². The zero-order valence-electron chi connectivity index (χ0n) is 17.1. The van der Waals surface area contributed by atoms with Gasteiger partial charge in [-0.2, -0.15) is 9.97 Å². The summed E-state index contributed by atoms with van der Waals surface area (Å²) in [5.74, 6) is 1.92. The summed E-state index contributed by atoms with van der Waals surface area (Å²) in [5, 5.41) is 3.31. The third-order valence-corrected chi connectivity index (χ3v) is 4.99. The van der Waals surface area contributed by atoms with Gasteiger partial charge in [-0.3, -0.25) is 0 Å². The van der Waals surface area contributed by atoms with Gasteiger partial charge in [-0.25, -0.2) is 4.98 Å². The number of fused-ring (bicyclic) bond motifs is 1. The molecule has 2 aromatic carbocycles. The number of nitrogen functional groups attached to an aromatic ring is 1. The fourth-order valence-corrected chi connectivity index (χ4v) is 3.47. The van der Waals surface area contributed by atoms with Crippen molar-refractivity contribution in [2.24, 2.45) is 0 Å². The highest BCUT2D eigenvalue weighted by Gasteiger charge is 2.21. The number of benzene rings is 2. The Morgan fingerprint density at radius 3 is 2.65 bits per heavy atom. The van der Waals surface area contributed by atoms with E-state index in [9.17, 15) is 0 Å². The van der Waals surface area contributed by atoms with Crippen molar-refractivity contribution in [1.29, 1.82) is 0 Å². The van der Waals surface area contributed by atoms with E-state index >= 15 is 0 Å². The first-order valence-electron chi connectivity index (χ1n) is 10.1. The minimum atomic E-state index is 0.240. The Hall–Kier alpha value is -3.85. The fraction of sp³-hybridized carbons (Fsp3) is 0.227. The standard InChI is InChI=1S/C22H23N7O2/c1-14-3-2-4-16(13-14)24-21-25-18-19(26-21)27-22(31-17-7-5-15(23)6-8-17)28-20(18)29-9-11-30-12-10-29/h2-8,13H,9-12,23H2,1H3,(H2,24,25,26,27,28). The van der Waals surface area contributed by atoms with Gasteiger partial charge in [-0.1, -0.05) is 12.1 Å². The van der Waals surface area contributed by atoms with E-state index in [1.807, 2.05) is 25.1 Å². The first-order chi connectivity index (χ1) is 15.1. The summed E-state index contributed by atoms with van der Waals surface area (Å²) in [6.45, 7) is 4.77. The van der Waals surface area contributed by atoms with E-state index in [-0.39, 0.29) is 6.01 Å². The number of hydrogen-bond donors (Lipinski definition) is 3. The first-order valence-corrected chi connectivity index (χ1v) is 10.1. The van der Waals surface area contributed by atoms with Crippen molar-refractivity contribution in [1.82, 2.24) is 19.9 Å². The minimum Gasteiger partial charge on any atom is -0.424 e. The summed E-state index contributed by atoms with van der Waals surface area (Å²) < 4.78 is 11.4. The lowest BCUT2D eigenvalue weighted by molar-refractivity contribution is 0.122. The van der Waals surface area contributed by atoms with E-state index < -0.39 is 0 Å². The molecule has 5 rings (SSSR count). The summed E-state index contributed by atoms with van der Waals surface area (Å²) in [5.41, 5.74) is 9.81. The van der Waals surface area contributed by atoms with Crippen LogP contribution in [-0.2, 0) is 4.74 Å². The number of nitrogens with two attached hydrogens (primary N) is 1. The molecule has 0 unspecified atom stereocenters. The first kappa shape index (κ1) is 19.1. The van der Waals surface area contributed by atoms with Gasteiger partial charge in [0.25, 0.3) is 0 Å². The number of H-pyrrole nitrogens is 1. The molecule has 1 aliphatic heterocycles. The van der Waals surface area contributed by atoms with E-state index in [1.54, 1.807) is 24.3 Å². The maximum absolute atomic E-state index is 5.91. The largest absolute Gasteiger partial charge is 0.424 e.